The number of para-hydroxylation sites is 1. The van der Waals surface area contributed by atoms with E-state index in [9.17, 15) is 13.2 Å². The van der Waals surface area contributed by atoms with Crippen LogP contribution in [0.15, 0.2) is 24.3 Å². The number of benzene rings is 1. The summed E-state index contributed by atoms with van der Waals surface area (Å²) in [6.07, 6.45) is 0. The zero-order valence-electron chi connectivity index (χ0n) is 9.96. The maximum atomic E-state index is 12.0. The topological polar surface area (TPSA) is 66.5 Å². The van der Waals surface area contributed by atoms with Crippen molar-refractivity contribution in [1.82, 2.24) is 5.32 Å². The van der Waals surface area contributed by atoms with Gasteiger partial charge in [0, 0.05) is 5.69 Å². The summed E-state index contributed by atoms with van der Waals surface area (Å²) >= 11 is 0. The lowest BCUT2D eigenvalue weighted by Gasteiger charge is -2.23. The molecule has 2 saturated heterocycles. The van der Waals surface area contributed by atoms with Crippen molar-refractivity contribution >= 4 is 21.6 Å². The van der Waals surface area contributed by atoms with Gasteiger partial charge < -0.3 is 5.32 Å². The summed E-state index contributed by atoms with van der Waals surface area (Å²) in [7, 11) is -3.04. The van der Waals surface area contributed by atoms with Crippen molar-refractivity contribution < 1.29 is 13.2 Å². The molecule has 2 amide bonds. The smallest absolute Gasteiger partial charge is 0.322 e. The van der Waals surface area contributed by atoms with Crippen molar-refractivity contribution in [2.24, 2.45) is 0 Å². The minimum atomic E-state index is -3.04. The number of aryl methyl sites for hydroxylation is 1. The quantitative estimate of drug-likeness (QED) is 0.761. The van der Waals surface area contributed by atoms with E-state index in [4.69, 9.17) is 0 Å². The van der Waals surface area contributed by atoms with Crippen LogP contribution >= 0.6 is 0 Å². The van der Waals surface area contributed by atoms with Crippen LogP contribution in [0.3, 0.4) is 0 Å². The SMILES string of the molecule is Cc1ccccc1N1C(=O)N[C@@H]2CS(=O)(=O)C[C@@H]21. The van der Waals surface area contributed by atoms with Crippen LogP contribution in [0.5, 0.6) is 0 Å². The molecule has 0 radical (unpaired) electrons. The molecule has 2 aliphatic rings. The number of amides is 2. The number of carbonyl (C=O) groups is 1. The number of fused-ring (bicyclic) bond motifs is 1. The Kier molecular flexibility index (Phi) is 2.38. The first-order valence-corrected chi connectivity index (χ1v) is 7.66. The molecule has 0 unspecified atom stereocenters. The summed E-state index contributed by atoms with van der Waals surface area (Å²) in [6, 6.07) is 6.77. The maximum absolute atomic E-state index is 12.0. The number of urea groups is 1. The van der Waals surface area contributed by atoms with E-state index in [0.717, 1.165) is 11.3 Å². The summed E-state index contributed by atoms with van der Waals surface area (Å²) in [4.78, 5) is 13.6. The van der Waals surface area contributed by atoms with Crippen LogP contribution in [0.25, 0.3) is 0 Å². The largest absolute Gasteiger partial charge is 0.332 e. The number of sulfone groups is 1. The van der Waals surface area contributed by atoms with Gasteiger partial charge in [0.1, 0.15) is 0 Å². The summed E-state index contributed by atoms with van der Waals surface area (Å²) in [5.41, 5.74) is 1.76. The molecule has 18 heavy (non-hydrogen) atoms. The lowest BCUT2D eigenvalue weighted by Crippen LogP contribution is -2.37. The average molecular weight is 266 g/mol. The number of rotatable bonds is 1. The third-order valence-corrected chi connectivity index (χ3v) is 5.27. The molecule has 0 aliphatic carbocycles. The molecule has 0 aromatic heterocycles. The van der Waals surface area contributed by atoms with E-state index in [0.29, 0.717) is 0 Å². The lowest BCUT2D eigenvalue weighted by atomic mass is 10.1. The standard InChI is InChI=1S/C12H14N2O3S/c1-8-4-2-3-5-10(8)14-11-7-18(16,17)6-9(11)13-12(14)15/h2-5,9,11H,6-7H2,1H3,(H,13,15)/t9-,11+/m1/s1. The summed E-state index contributed by atoms with van der Waals surface area (Å²) in [5.74, 6) is 0.0938. The van der Waals surface area contributed by atoms with E-state index >= 15 is 0 Å². The highest BCUT2D eigenvalue weighted by Crippen LogP contribution is 2.31. The van der Waals surface area contributed by atoms with Gasteiger partial charge in [0.05, 0.1) is 23.6 Å². The van der Waals surface area contributed by atoms with Gasteiger partial charge in [0.25, 0.3) is 0 Å². The van der Waals surface area contributed by atoms with E-state index < -0.39 is 9.84 Å². The van der Waals surface area contributed by atoms with E-state index in [1.54, 1.807) is 4.90 Å². The molecule has 1 aromatic carbocycles. The molecule has 2 heterocycles. The second-order valence-corrected chi connectivity index (χ2v) is 7.01. The Labute approximate surface area is 106 Å². The highest BCUT2D eigenvalue weighted by atomic mass is 32.2. The zero-order valence-corrected chi connectivity index (χ0v) is 10.8. The maximum Gasteiger partial charge on any atom is 0.322 e. The van der Waals surface area contributed by atoms with E-state index in [1.807, 2.05) is 31.2 Å². The Balaban J connectivity index is 2.02. The molecule has 2 atom stereocenters. The monoisotopic (exact) mass is 266 g/mol. The van der Waals surface area contributed by atoms with Gasteiger partial charge in [-0.1, -0.05) is 18.2 Å². The summed E-state index contributed by atoms with van der Waals surface area (Å²) in [6.45, 7) is 1.92. The van der Waals surface area contributed by atoms with Gasteiger partial charge in [-0.2, -0.15) is 0 Å². The molecule has 1 aromatic rings. The average Bonchev–Trinajstić information content (AvgIpc) is 2.70. The van der Waals surface area contributed by atoms with Crippen LogP contribution in [0.4, 0.5) is 10.5 Å². The Morgan fingerprint density at radius 3 is 2.72 bits per heavy atom. The molecule has 6 heteroatoms. The van der Waals surface area contributed by atoms with Crippen molar-refractivity contribution in [3.05, 3.63) is 29.8 Å². The number of anilines is 1. The minimum absolute atomic E-state index is 0.0464. The van der Waals surface area contributed by atoms with Crippen LogP contribution in [-0.2, 0) is 9.84 Å². The Morgan fingerprint density at radius 1 is 1.28 bits per heavy atom. The Hall–Kier alpha value is -1.56. The van der Waals surface area contributed by atoms with Crippen LogP contribution in [0.1, 0.15) is 5.56 Å². The molecular formula is C12H14N2O3S. The van der Waals surface area contributed by atoms with Gasteiger partial charge in [0.15, 0.2) is 9.84 Å². The minimum Gasteiger partial charge on any atom is -0.332 e. The normalized spacial score (nSPS) is 29.2. The Bertz CT molecular complexity index is 612. The van der Waals surface area contributed by atoms with Gasteiger partial charge >= 0.3 is 6.03 Å². The molecule has 0 bridgehead atoms. The molecule has 3 rings (SSSR count). The molecule has 2 fully saturated rings. The Morgan fingerprint density at radius 2 is 2.00 bits per heavy atom. The van der Waals surface area contributed by atoms with Crippen LogP contribution in [0.2, 0.25) is 0 Å². The van der Waals surface area contributed by atoms with Gasteiger partial charge in [0.2, 0.25) is 0 Å². The summed E-state index contributed by atoms with van der Waals surface area (Å²) < 4.78 is 23.3. The van der Waals surface area contributed by atoms with Crippen molar-refractivity contribution in [1.29, 1.82) is 0 Å². The summed E-state index contributed by atoms with van der Waals surface area (Å²) in [5, 5.41) is 2.76. The van der Waals surface area contributed by atoms with Gasteiger partial charge in [-0.25, -0.2) is 13.2 Å². The number of nitrogens with zero attached hydrogens (tertiary/aromatic N) is 1. The van der Waals surface area contributed by atoms with Gasteiger partial charge in [-0.15, -0.1) is 0 Å². The predicted octanol–water partition coefficient (Wildman–Crippen LogP) is 0.690. The van der Waals surface area contributed by atoms with E-state index in [1.165, 1.54) is 0 Å². The molecule has 5 nitrogen and oxygen atoms in total. The third-order valence-electron chi connectivity index (χ3n) is 3.56. The number of hydrogen-bond acceptors (Lipinski definition) is 3. The molecule has 1 N–H and O–H groups in total. The van der Waals surface area contributed by atoms with Crippen molar-refractivity contribution in [3.63, 3.8) is 0 Å². The molecule has 0 spiro atoms. The van der Waals surface area contributed by atoms with Crippen molar-refractivity contribution in [2.75, 3.05) is 16.4 Å². The zero-order chi connectivity index (χ0) is 12.9. The molecular weight excluding hydrogens is 252 g/mol. The van der Waals surface area contributed by atoms with Gasteiger partial charge in [-0.3, -0.25) is 4.90 Å². The number of carbonyl (C=O) groups excluding carboxylic acids is 1. The van der Waals surface area contributed by atoms with Crippen molar-refractivity contribution in [2.45, 2.75) is 19.0 Å². The first kappa shape index (κ1) is 11.5. The number of nitrogens with one attached hydrogen (secondary N) is 1. The second kappa shape index (κ2) is 3.71. The van der Waals surface area contributed by atoms with Gasteiger partial charge in [-0.05, 0) is 18.6 Å². The van der Waals surface area contributed by atoms with Crippen molar-refractivity contribution in [3.8, 4) is 0 Å². The second-order valence-electron chi connectivity index (χ2n) is 4.86. The first-order chi connectivity index (χ1) is 8.48. The van der Waals surface area contributed by atoms with Crippen LogP contribution in [0, 0.1) is 6.92 Å². The fraction of sp³-hybridized carbons (Fsp3) is 0.417. The predicted molar refractivity (Wildman–Crippen MR) is 68.4 cm³/mol. The fourth-order valence-electron chi connectivity index (χ4n) is 2.72. The lowest BCUT2D eigenvalue weighted by molar-refractivity contribution is 0.251. The highest BCUT2D eigenvalue weighted by molar-refractivity contribution is 7.91. The third kappa shape index (κ3) is 1.68. The van der Waals surface area contributed by atoms with Crippen LogP contribution < -0.4 is 10.2 Å². The molecule has 96 valence electrons. The molecule has 0 saturated carbocycles. The highest BCUT2D eigenvalue weighted by Gasteiger charge is 2.49. The van der Waals surface area contributed by atoms with E-state index in [-0.39, 0.29) is 29.6 Å². The van der Waals surface area contributed by atoms with Crippen LogP contribution in [-0.4, -0.2) is 38.0 Å². The van der Waals surface area contributed by atoms with E-state index in [2.05, 4.69) is 5.32 Å². The fourth-order valence-corrected chi connectivity index (χ4v) is 4.61. The molecule has 2 aliphatic heterocycles. The number of hydrogen-bond donors (Lipinski definition) is 1. The first-order valence-electron chi connectivity index (χ1n) is 5.84.